The molecule has 2 aromatic heterocycles. The number of hydrogen-bond donors (Lipinski definition) is 1. The molecule has 21 heavy (non-hydrogen) atoms. The van der Waals surface area contributed by atoms with Gasteiger partial charge in [-0.3, -0.25) is 14.3 Å². The van der Waals surface area contributed by atoms with E-state index in [1.807, 2.05) is 13.8 Å². The summed E-state index contributed by atoms with van der Waals surface area (Å²) in [7, 11) is 1.59. The van der Waals surface area contributed by atoms with Crippen LogP contribution in [0.5, 0.6) is 0 Å². The summed E-state index contributed by atoms with van der Waals surface area (Å²) in [5.41, 5.74) is 0.763. The standard InChI is InChI=1S/C14H18N4O2S/c1-6-9(4)21-14-15-11-10(18(14)7-8(2)3)12(19)16-13(20)17(11)5/h6,9H,1-2,7H2,3-5H3,(H,16,19,20)/t9-/m1/s1. The van der Waals surface area contributed by atoms with Crippen molar-refractivity contribution in [3.05, 3.63) is 45.6 Å². The molecule has 0 aliphatic heterocycles. The Labute approximate surface area is 126 Å². The Morgan fingerprint density at radius 1 is 1.52 bits per heavy atom. The number of nitrogens with one attached hydrogen (secondary N) is 1. The number of aromatic nitrogens is 4. The van der Waals surface area contributed by atoms with Crippen molar-refractivity contribution < 1.29 is 0 Å². The summed E-state index contributed by atoms with van der Waals surface area (Å²) >= 11 is 1.49. The minimum Gasteiger partial charge on any atom is -0.309 e. The summed E-state index contributed by atoms with van der Waals surface area (Å²) in [6, 6.07) is 0. The van der Waals surface area contributed by atoms with E-state index in [1.165, 1.54) is 16.3 Å². The number of nitrogens with zero attached hydrogens (tertiary/aromatic N) is 3. The van der Waals surface area contributed by atoms with Gasteiger partial charge in [0.25, 0.3) is 5.56 Å². The highest BCUT2D eigenvalue weighted by atomic mass is 32.2. The highest BCUT2D eigenvalue weighted by molar-refractivity contribution is 7.99. The molecule has 0 bridgehead atoms. The lowest BCUT2D eigenvalue weighted by Gasteiger charge is -2.09. The molecule has 0 aliphatic carbocycles. The second-order valence-corrected chi connectivity index (χ2v) is 6.33. The predicted octanol–water partition coefficient (Wildman–Crippen LogP) is 1.67. The van der Waals surface area contributed by atoms with Crippen LogP contribution in [0.2, 0.25) is 0 Å². The Bertz CT molecular complexity index is 828. The molecule has 7 heteroatoms. The predicted molar refractivity (Wildman–Crippen MR) is 85.9 cm³/mol. The fourth-order valence-corrected chi connectivity index (χ4v) is 2.79. The van der Waals surface area contributed by atoms with Crippen LogP contribution < -0.4 is 11.2 Å². The Morgan fingerprint density at radius 2 is 2.19 bits per heavy atom. The van der Waals surface area contributed by atoms with Crippen molar-refractivity contribution in [2.75, 3.05) is 0 Å². The topological polar surface area (TPSA) is 72.7 Å². The van der Waals surface area contributed by atoms with E-state index in [4.69, 9.17) is 0 Å². The molecular weight excluding hydrogens is 288 g/mol. The van der Waals surface area contributed by atoms with Crippen molar-refractivity contribution in [3.63, 3.8) is 0 Å². The SMILES string of the molecule is C=C[C@@H](C)Sc1nc2c(c(=O)[nH]c(=O)n2C)n1CC(=C)C. The first-order chi connectivity index (χ1) is 9.85. The first-order valence-electron chi connectivity index (χ1n) is 6.48. The van der Waals surface area contributed by atoms with E-state index < -0.39 is 11.2 Å². The lowest BCUT2D eigenvalue weighted by Crippen LogP contribution is -2.29. The minimum absolute atomic E-state index is 0.141. The Kier molecular flexibility index (Phi) is 4.22. The highest BCUT2D eigenvalue weighted by Gasteiger charge is 2.18. The number of hydrogen-bond acceptors (Lipinski definition) is 4. The van der Waals surface area contributed by atoms with Gasteiger partial charge in [0.2, 0.25) is 0 Å². The van der Waals surface area contributed by atoms with Gasteiger partial charge >= 0.3 is 5.69 Å². The molecule has 0 spiro atoms. The molecule has 0 fully saturated rings. The quantitative estimate of drug-likeness (QED) is 0.673. The van der Waals surface area contributed by atoms with Crippen molar-refractivity contribution in [2.24, 2.45) is 7.05 Å². The average molecular weight is 306 g/mol. The summed E-state index contributed by atoms with van der Waals surface area (Å²) in [4.78, 5) is 30.6. The van der Waals surface area contributed by atoms with Gasteiger partial charge in [0.1, 0.15) is 0 Å². The van der Waals surface area contributed by atoms with Crippen molar-refractivity contribution >= 4 is 22.9 Å². The largest absolute Gasteiger partial charge is 0.329 e. The molecule has 1 atom stereocenters. The minimum atomic E-state index is -0.471. The molecule has 0 saturated heterocycles. The first-order valence-corrected chi connectivity index (χ1v) is 7.36. The Balaban J connectivity index is 2.78. The van der Waals surface area contributed by atoms with E-state index in [0.717, 1.165) is 5.57 Å². The number of rotatable bonds is 5. The zero-order chi connectivity index (χ0) is 15.7. The fourth-order valence-electron chi connectivity index (χ4n) is 1.94. The molecule has 0 unspecified atom stereocenters. The number of thioether (sulfide) groups is 1. The number of aryl methyl sites for hydroxylation is 1. The molecule has 2 aromatic rings. The van der Waals surface area contributed by atoms with E-state index in [9.17, 15) is 9.59 Å². The van der Waals surface area contributed by atoms with E-state index in [0.29, 0.717) is 22.9 Å². The van der Waals surface area contributed by atoms with Gasteiger partial charge in [0, 0.05) is 18.8 Å². The van der Waals surface area contributed by atoms with Crippen molar-refractivity contribution in [1.82, 2.24) is 19.1 Å². The van der Waals surface area contributed by atoms with Gasteiger partial charge in [-0.25, -0.2) is 9.78 Å². The maximum atomic E-state index is 12.1. The first kappa shape index (κ1) is 15.4. The van der Waals surface area contributed by atoms with Gasteiger partial charge < -0.3 is 4.57 Å². The van der Waals surface area contributed by atoms with E-state index >= 15 is 0 Å². The van der Waals surface area contributed by atoms with Crippen LogP contribution in [0.1, 0.15) is 13.8 Å². The van der Waals surface area contributed by atoms with Crippen LogP contribution >= 0.6 is 11.8 Å². The summed E-state index contributed by atoms with van der Waals surface area (Å²) < 4.78 is 3.13. The maximum absolute atomic E-state index is 12.1. The number of fused-ring (bicyclic) bond motifs is 1. The lowest BCUT2D eigenvalue weighted by molar-refractivity contribution is 0.718. The molecule has 0 aromatic carbocycles. The van der Waals surface area contributed by atoms with Gasteiger partial charge in [-0.1, -0.05) is 30.0 Å². The maximum Gasteiger partial charge on any atom is 0.329 e. The molecular formula is C14H18N4O2S. The van der Waals surface area contributed by atoms with Gasteiger partial charge in [0.15, 0.2) is 16.3 Å². The van der Waals surface area contributed by atoms with Crippen LogP contribution in [0, 0.1) is 0 Å². The zero-order valence-corrected chi connectivity index (χ0v) is 13.2. The third kappa shape index (κ3) is 2.87. The molecule has 0 radical (unpaired) electrons. The van der Waals surface area contributed by atoms with E-state index in [-0.39, 0.29) is 5.25 Å². The lowest BCUT2D eigenvalue weighted by atomic mass is 10.3. The third-order valence-electron chi connectivity index (χ3n) is 3.02. The third-order valence-corrected chi connectivity index (χ3v) is 4.11. The fraction of sp³-hybridized carbons (Fsp3) is 0.357. The van der Waals surface area contributed by atoms with Gasteiger partial charge in [-0.15, -0.1) is 6.58 Å². The van der Waals surface area contributed by atoms with Gasteiger partial charge in [-0.05, 0) is 13.8 Å². The van der Waals surface area contributed by atoms with E-state index in [2.05, 4.69) is 23.1 Å². The number of allylic oxidation sites excluding steroid dienone is 1. The number of H-pyrrole nitrogens is 1. The van der Waals surface area contributed by atoms with Gasteiger partial charge in [0.05, 0.1) is 0 Å². The highest BCUT2D eigenvalue weighted by Crippen LogP contribution is 2.26. The number of imidazole rings is 1. The molecule has 0 aliphatic rings. The van der Waals surface area contributed by atoms with Crippen molar-refractivity contribution in [3.8, 4) is 0 Å². The Hall–Kier alpha value is -2.02. The summed E-state index contributed by atoms with van der Waals surface area (Å²) in [5.74, 6) is 0. The molecule has 112 valence electrons. The number of aromatic amines is 1. The van der Waals surface area contributed by atoms with Crippen LogP contribution in [0.4, 0.5) is 0 Å². The van der Waals surface area contributed by atoms with Crippen LogP contribution in [-0.4, -0.2) is 24.4 Å². The average Bonchev–Trinajstić information content (AvgIpc) is 2.74. The normalized spacial score (nSPS) is 12.5. The van der Waals surface area contributed by atoms with Crippen molar-refractivity contribution in [2.45, 2.75) is 30.8 Å². The van der Waals surface area contributed by atoms with E-state index in [1.54, 1.807) is 17.7 Å². The van der Waals surface area contributed by atoms with Crippen LogP contribution in [0.3, 0.4) is 0 Å². The zero-order valence-electron chi connectivity index (χ0n) is 12.3. The molecule has 2 heterocycles. The summed E-state index contributed by atoms with van der Waals surface area (Å²) in [6.45, 7) is 12.0. The second-order valence-electron chi connectivity index (χ2n) is 4.99. The van der Waals surface area contributed by atoms with Crippen LogP contribution in [-0.2, 0) is 13.6 Å². The molecule has 1 N–H and O–H groups in total. The van der Waals surface area contributed by atoms with Gasteiger partial charge in [-0.2, -0.15) is 0 Å². The second kappa shape index (κ2) is 5.77. The summed E-state index contributed by atoms with van der Waals surface area (Å²) in [5, 5.41) is 0.814. The Morgan fingerprint density at radius 3 is 2.76 bits per heavy atom. The molecule has 2 rings (SSSR count). The molecule has 0 amide bonds. The van der Waals surface area contributed by atoms with Crippen molar-refractivity contribution in [1.29, 1.82) is 0 Å². The molecule has 0 saturated carbocycles. The monoisotopic (exact) mass is 306 g/mol. The molecule has 6 nitrogen and oxygen atoms in total. The smallest absolute Gasteiger partial charge is 0.309 e. The van der Waals surface area contributed by atoms with Crippen LogP contribution in [0.15, 0.2) is 39.6 Å². The van der Waals surface area contributed by atoms with Crippen LogP contribution in [0.25, 0.3) is 11.2 Å². The summed E-state index contributed by atoms with van der Waals surface area (Å²) in [6.07, 6.45) is 1.80.